The molecule has 0 spiro atoms. The number of anilines is 1. The molecule has 116 valence electrons. The van der Waals surface area contributed by atoms with E-state index in [9.17, 15) is 4.79 Å². The molecule has 0 aliphatic carbocycles. The minimum atomic E-state index is -0.0777. The van der Waals surface area contributed by atoms with Crippen LogP contribution in [0.2, 0.25) is 0 Å². The summed E-state index contributed by atoms with van der Waals surface area (Å²) in [6, 6.07) is 15.1. The number of benzene rings is 1. The second kappa shape index (κ2) is 6.36. The van der Waals surface area contributed by atoms with E-state index in [0.717, 1.165) is 16.7 Å². The Morgan fingerprint density at radius 1 is 1.13 bits per heavy atom. The lowest BCUT2D eigenvalue weighted by atomic mass is 10.1. The summed E-state index contributed by atoms with van der Waals surface area (Å²) in [5, 5.41) is 0. The minimum absolute atomic E-state index is 0.0777. The van der Waals surface area contributed by atoms with E-state index in [-0.39, 0.29) is 5.56 Å². The highest BCUT2D eigenvalue weighted by Gasteiger charge is 2.07. The molecular weight excluding hydrogens is 290 g/mol. The van der Waals surface area contributed by atoms with E-state index in [1.165, 1.54) is 4.57 Å². The van der Waals surface area contributed by atoms with Crippen molar-refractivity contribution in [3.8, 4) is 16.9 Å². The van der Waals surface area contributed by atoms with E-state index in [0.29, 0.717) is 18.2 Å². The summed E-state index contributed by atoms with van der Waals surface area (Å²) in [7, 11) is 1.71. The van der Waals surface area contributed by atoms with Crippen LogP contribution in [0.25, 0.3) is 11.1 Å². The van der Waals surface area contributed by atoms with Gasteiger partial charge in [0.2, 0.25) is 0 Å². The van der Waals surface area contributed by atoms with Crippen molar-refractivity contribution in [3.05, 3.63) is 76.8 Å². The summed E-state index contributed by atoms with van der Waals surface area (Å²) >= 11 is 0. The van der Waals surface area contributed by atoms with Crippen molar-refractivity contribution in [3.63, 3.8) is 0 Å². The van der Waals surface area contributed by atoms with Gasteiger partial charge in [-0.25, -0.2) is 4.98 Å². The van der Waals surface area contributed by atoms with E-state index >= 15 is 0 Å². The molecule has 0 saturated heterocycles. The van der Waals surface area contributed by atoms with Crippen LogP contribution in [0.4, 0.5) is 5.82 Å². The van der Waals surface area contributed by atoms with Gasteiger partial charge in [-0.3, -0.25) is 4.79 Å². The number of pyridine rings is 2. The molecular formula is C18H17N3O2. The lowest BCUT2D eigenvalue weighted by molar-refractivity contribution is 0.307. The fraction of sp³-hybridized carbons (Fsp3) is 0.111. The molecule has 5 nitrogen and oxygen atoms in total. The zero-order valence-electron chi connectivity index (χ0n) is 12.8. The Labute approximate surface area is 134 Å². The molecule has 3 aromatic rings. The van der Waals surface area contributed by atoms with Crippen molar-refractivity contribution < 1.29 is 4.74 Å². The quantitative estimate of drug-likeness (QED) is 0.804. The molecule has 0 fully saturated rings. The number of ether oxygens (including phenoxy) is 1. The van der Waals surface area contributed by atoms with Gasteiger partial charge in [0.25, 0.3) is 5.56 Å². The molecule has 0 atom stereocenters. The van der Waals surface area contributed by atoms with Crippen LogP contribution in [0.15, 0.2) is 65.7 Å². The summed E-state index contributed by atoms with van der Waals surface area (Å²) in [5.74, 6) is 0.834. The van der Waals surface area contributed by atoms with Gasteiger partial charge in [0, 0.05) is 31.1 Å². The first-order valence-corrected chi connectivity index (χ1v) is 7.23. The molecule has 0 bridgehead atoms. The van der Waals surface area contributed by atoms with Crippen molar-refractivity contribution in [2.45, 2.75) is 6.61 Å². The number of hydrogen-bond donors (Lipinski definition) is 1. The van der Waals surface area contributed by atoms with Crippen LogP contribution >= 0.6 is 0 Å². The van der Waals surface area contributed by atoms with E-state index in [2.05, 4.69) is 4.98 Å². The number of nitrogen functional groups attached to an aromatic ring is 1. The first-order chi connectivity index (χ1) is 11.1. The van der Waals surface area contributed by atoms with Crippen LogP contribution in [-0.2, 0) is 13.7 Å². The van der Waals surface area contributed by atoms with Gasteiger partial charge in [0.1, 0.15) is 6.61 Å². The number of hydrogen-bond acceptors (Lipinski definition) is 4. The number of aryl methyl sites for hydroxylation is 1. The standard InChI is InChI=1S/C18H17N3O2/c1-21-8-7-14(10-17(21)22)15-9-16(18(19)20-11-15)23-12-13-5-3-2-4-6-13/h2-11H,12H2,1H3,(H2,19,20). The zero-order chi connectivity index (χ0) is 16.2. The molecule has 2 heterocycles. The number of nitrogens with zero attached hydrogens (tertiary/aromatic N) is 2. The molecule has 0 amide bonds. The van der Waals surface area contributed by atoms with Crippen LogP contribution in [0.1, 0.15) is 5.56 Å². The fourth-order valence-corrected chi connectivity index (χ4v) is 2.19. The third kappa shape index (κ3) is 3.40. The summed E-state index contributed by atoms with van der Waals surface area (Å²) in [4.78, 5) is 15.9. The van der Waals surface area contributed by atoms with Gasteiger partial charge in [-0.1, -0.05) is 30.3 Å². The third-order valence-corrected chi connectivity index (χ3v) is 3.56. The first kappa shape index (κ1) is 14.8. The molecule has 0 aliphatic heterocycles. The van der Waals surface area contributed by atoms with Gasteiger partial charge in [-0.05, 0) is 23.3 Å². The normalized spacial score (nSPS) is 10.5. The van der Waals surface area contributed by atoms with Crippen molar-refractivity contribution in [1.29, 1.82) is 0 Å². The van der Waals surface area contributed by atoms with Crippen LogP contribution in [0.5, 0.6) is 5.75 Å². The van der Waals surface area contributed by atoms with Crippen LogP contribution in [0.3, 0.4) is 0 Å². The SMILES string of the molecule is Cn1ccc(-c2cnc(N)c(OCc3ccccc3)c2)cc1=O. The fourth-order valence-electron chi connectivity index (χ4n) is 2.19. The maximum atomic E-state index is 11.8. The molecule has 2 aromatic heterocycles. The van der Waals surface area contributed by atoms with Crippen LogP contribution < -0.4 is 16.0 Å². The molecule has 0 saturated carbocycles. The summed E-state index contributed by atoms with van der Waals surface area (Å²) in [6.45, 7) is 0.409. The molecule has 2 N–H and O–H groups in total. The van der Waals surface area contributed by atoms with Gasteiger partial charge in [0.15, 0.2) is 11.6 Å². The predicted molar refractivity (Wildman–Crippen MR) is 90.1 cm³/mol. The summed E-state index contributed by atoms with van der Waals surface area (Å²) < 4.78 is 7.28. The Morgan fingerprint density at radius 3 is 2.65 bits per heavy atom. The molecule has 0 unspecified atom stereocenters. The van der Waals surface area contributed by atoms with Crippen molar-refractivity contribution in [1.82, 2.24) is 9.55 Å². The van der Waals surface area contributed by atoms with E-state index in [1.54, 1.807) is 31.6 Å². The van der Waals surface area contributed by atoms with Crippen LogP contribution in [-0.4, -0.2) is 9.55 Å². The monoisotopic (exact) mass is 307 g/mol. The topological polar surface area (TPSA) is 70.1 Å². The highest BCUT2D eigenvalue weighted by molar-refractivity contribution is 5.66. The average Bonchev–Trinajstić information content (AvgIpc) is 2.57. The Kier molecular flexibility index (Phi) is 4.10. The predicted octanol–water partition coefficient (Wildman–Crippen LogP) is 2.61. The lowest BCUT2D eigenvalue weighted by Gasteiger charge is -2.10. The zero-order valence-corrected chi connectivity index (χ0v) is 12.8. The Bertz CT molecular complexity index is 873. The molecule has 3 rings (SSSR count). The van der Waals surface area contributed by atoms with Gasteiger partial charge in [-0.2, -0.15) is 0 Å². The summed E-state index contributed by atoms with van der Waals surface area (Å²) in [6.07, 6.45) is 3.36. The Hall–Kier alpha value is -3.08. The maximum absolute atomic E-state index is 11.8. The highest BCUT2D eigenvalue weighted by atomic mass is 16.5. The van der Waals surface area contributed by atoms with E-state index < -0.39 is 0 Å². The van der Waals surface area contributed by atoms with Crippen molar-refractivity contribution >= 4 is 5.82 Å². The maximum Gasteiger partial charge on any atom is 0.250 e. The van der Waals surface area contributed by atoms with E-state index in [1.807, 2.05) is 36.4 Å². The largest absolute Gasteiger partial charge is 0.485 e. The van der Waals surface area contributed by atoms with Crippen molar-refractivity contribution in [2.24, 2.45) is 7.05 Å². The Balaban J connectivity index is 1.86. The molecule has 1 aromatic carbocycles. The molecule has 0 aliphatic rings. The number of aromatic nitrogens is 2. The van der Waals surface area contributed by atoms with Gasteiger partial charge < -0.3 is 15.0 Å². The molecule has 5 heteroatoms. The van der Waals surface area contributed by atoms with E-state index in [4.69, 9.17) is 10.5 Å². The minimum Gasteiger partial charge on any atom is -0.485 e. The number of nitrogens with two attached hydrogens (primary N) is 1. The molecule has 23 heavy (non-hydrogen) atoms. The smallest absolute Gasteiger partial charge is 0.250 e. The lowest BCUT2D eigenvalue weighted by Crippen LogP contribution is -2.14. The van der Waals surface area contributed by atoms with Gasteiger partial charge in [-0.15, -0.1) is 0 Å². The average molecular weight is 307 g/mol. The van der Waals surface area contributed by atoms with Crippen molar-refractivity contribution in [2.75, 3.05) is 5.73 Å². The first-order valence-electron chi connectivity index (χ1n) is 7.23. The second-order valence-corrected chi connectivity index (χ2v) is 5.25. The van der Waals surface area contributed by atoms with Crippen LogP contribution in [0, 0.1) is 0 Å². The second-order valence-electron chi connectivity index (χ2n) is 5.25. The summed E-state index contributed by atoms with van der Waals surface area (Å²) in [5.41, 5.74) is 8.43. The highest BCUT2D eigenvalue weighted by Crippen LogP contribution is 2.26. The Morgan fingerprint density at radius 2 is 1.91 bits per heavy atom. The van der Waals surface area contributed by atoms with Gasteiger partial charge >= 0.3 is 0 Å². The molecule has 0 radical (unpaired) electrons. The van der Waals surface area contributed by atoms with Gasteiger partial charge in [0.05, 0.1) is 0 Å². The third-order valence-electron chi connectivity index (χ3n) is 3.56. The number of rotatable bonds is 4.